The van der Waals surface area contributed by atoms with Crippen LogP contribution >= 0.6 is 11.6 Å². The third-order valence-electron chi connectivity index (χ3n) is 3.32. The van der Waals surface area contributed by atoms with Gasteiger partial charge in [-0.15, -0.1) is 0 Å². The van der Waals surface area contributed by atoms with Crippen LogP contribution in [-0.2, 0) is 9.84 Å². The second-order valence-electron chi connectivity index (χ2n) is 4.76. The topological polar surface area (TPSA) is 73.6 Å². The molecule has 0 saturated carbocycles. The van der Waals surface area contributed by atoms with E-state index in [1.165, 1.54) is 37.4 Å². The molecule has 7 heteroatoms. The summed E-state index contributed by atoms with van der Waals surface area (Å²) >= 11 is 5.76. The number of hydrogen-bond donors (Lipinski definition) is 0. The van der Waals surface area contributed by atoms with Gasteiger partial charge in [-0.1, -0.05) is 11.6 Å². The zero-order valence-electron chi connectivity index (χ0n) is 11.9. The number of methoxy groups -OCH3 is 1. The summed E-state index contributed by atoms with van der Waals surface area (Å²) in [6, 6.07) is 11.6. The lowest BCUT2D eigenvalue weighted by atomic mass is 10.2. The lowest BCUT2D eigenvalue weighted by molar-refractivity contribution is 0.415. The maximum absolute atomic E-state index is 12.6. The van der Waals surface area contributed by atoms with Crippen molar-refractivity contribution in [3.63, 3.8) is 0 Å². The molecule has 1 aromatic heterocycles. The molecule has 0 aliphatic carbocycles. The Bertz CT molecular complexity index is 1040. The molecule has 0 atom stereocenters. The highest BCUT2D eigenvalue weighted by Crippen LogP contribution is 2.25. The van der Waals surface area contributed by atoms with E-state index in [1.807, 2.05) is 0 Å². The quantitative estimate of drug-likeness (QED) is 0.678. The van der Waals surface area contributed by atoms with E-state index in [1.54, 1.807) is 18.2 Å². The lowest BCUT2D eigenvalue weighted by Crippen LogP contribution is -2.14. The third-order valence-corrected chi connectivity index (χ3v) is 5.33. The van der Waals surface area contributed by atoms with Gasteiger partial charge in [-0.2, -0.15) is 0 Å². The summed E-state index contributed by atoms with van der Waals surface area (Å²) < 4.78 is 35.5. The van der Waals surface area contributed by atoms with Gasteiger partial charge in [-0.25, -0.2) is 13.2 Å². The van der Waals surface area contributed by atoms with E-state index in [2.05, 4.69) is 0 Å². The largest absolute Gasteiger partial charge is 0.497 e. The van der Waals surface area contributed by atoms with Crippen LogP contribution in [0.5, 0.6) is 5.75 Å². The van der Waals surface area contributed by atoms with Crippen LogP contribution in [0.1, 0.15) is 0 Å². The molecule has 0 amide bonds. The Kier molecular flexibility index (Phi) is 3.87. The number of halogens is 1. The molecule has 0 aliphatic heterocycles. The van der Waals surface area contributed by atoms with Crippen molar-refractivity contribution in [3.05, 3.63) is 64.0 Å². The fraction of sp³-hybridized carbons (Fsp3) is 0.0625. The molecule has 0 saturated heterocycles. The van der Waals surface area contributed by atoms with Crippen LogP contribution in [0.15, 0.2) is 67.5 Å². The second kappa shape index (κ2) is 5.72. The second-order valence-corrected chi connectivity index (χ2v) is 7.11. The van der Waals surface area contributed by atoms with Crippen LogP contribution in [0.4, 0.5) is 0 Å². The van der Waals surface area contributed by atoms with E-state index in [-0.39, 0.29) is 10.5 Å². The molecule has 0 radical (unpaired) electrons. The summed E-state index contributed by atoms with van der Waals surface area (Å²) in [4.78, 5) is 11.6. The van der Waals surface area contributed by atoms with Crippen LogP contribution in [0.2, 0.25) is 5.02 Å². The van der Waals surface area contributed by atoms with Crippen molar-refractivity contribution >= 4 is 32.4 Å². The number of rotatable bonds is 3. The molecule has 5 nitrogen and oxygen atoms in total. The number of ether oxygens (including phenoxy) is 1. The maximum Gasteiger partial charge on any atom is 0.355 e. The SMILES string of the molecule is COc1ccc2oc(=O)c(S(=O)(=O)c3ccc(Cl)cc3)cc2c1. The zero-order valence-corrected chi connectivity index (χ0v) is 13.5. The normalized spacial score (nSPS) is 11.6. The highest BCUT2D eigenvalue weighted by Gasteiger charge is 2.23. The Morgan fingerprint density at radius 3 is 2.39 bits per heavy atom. The first kappa shape index (κ1) is 15.6. The van der Waals surface area contributed by atoms with E-state index in [4.69, 9.17) is 20.8 Å². The molecule has 3 rings (SSSR count). The van der Waals surface area contributed by atoms with Gasteiger partial charge < -0.3 is 9.15 Å². The van der Waals surface area contributed by atoms with Gasteiger partial charge in [0.1, 0.15) is 11.3 Å². The molecule has 23 heavy (non-hydrogen) atoms. The summed E-state index contributed by atoms with van der Waals surface area (Å²) in [6.07, 6.45) is 0. The molecule has 0 N–H and O–H groups in total. The summed E-state index contributed by atoms with van der Waals surface area (Å²) in [5, 5.41) is 0.857. The van der Waals surface area contributed by atoms with Crippen molar-refractivity contribution in [2.75, 3.05) is 7.11 Å². The van der Waals surface area contributed by atoms with Crippen LogP contribution in [0.25, 0.3) is 11.0 Å². The Morgan fingerprint density at radius 2 is 1.74 bits per heavy atom. The van der Waals surface area contributed by atoms with Gasteiger partial charge in [0, 0.05) is 10.4 Å². The minimum atomic E-state index is -4.00. The van der Waals surface area contributed by atoms with Crippen molar-refractivity contribution in [1.82, 2.24) is 0 Å². The fourth-order valence-electron chi connectivity index (χ4n) is 2.14. The average molecular weight is 351 g/mol. The van der Waals surface area contributed by atoms with Gasteiger partial charge in [-0.05, 0) is 48.5 Å². The number of sulfone groups is 1. The predicted molar refractivity (Wildman–Crippen MR) is 85.9 cm³/mol. The van der Waals surface area contributed by atoms with Gasteiger partial charge in [0.2, 0.25) is 9.84 Å². The van der Waals surface area contributed by atoms with Gasteiger partial charge in [0.05, 0.1) is 12.0 Å². The summed E-state index contributed by atoms with van der Waals surface area (Å²) in [5.74, 6) is 0.529. The molecule has 0 spiro atoms. The summed E-state index contributed by atoms with van der Waals surface area (Å²) in [5.41, 5.74) is -0.636. The first-order chi connectivity index (χ1) is 10.9. The highest BCUT2D eigenvalue weighted by atomic mass is 35.5. The fourth-order valence-corrected chi connectivity index (χ4v) is 3.56. The Labute approximate surface area is 137 Å². The monoisotopic (exact) mass is 350 g/mol. The summed E-state index contributed by atoms with van der Waals surface area (Å²) in [7, 11) is -2.51. The molecule has 1 heterocycles. The summed E-state index contributed by atoms with van der Waals surface area (Å²) in [6.45, 7) is 0. The van der Waals surface area contributed by atoms with E-state index in [0.29, 0.717) is 16.2 Å². The Morgan fingerprint density at radius 1 is 1.04 bits per heavy atom. The molecular weight excluding hydrogens is 340 g/mol. The molecular formula is C16H11ClO5S. The zero-order chi connectivity index (χ0) is 16.6. The first-order valence-electron chi connectivity index (χ1n) is 6.54. The molecule has 2 aromatic carbocycles. The molecule has 0 unspecified atom stereocenters. The van der Waals surface area contributed by atoms with Gasteiger partial charge >= 0.3 is 5.63 Å². The van der Waals surface area contributed by atoms with Gasteiger partial charge in [0.25, 0.3) is 0 Å². The van der Waals surface area contributed by atoms with Crippen molar-refractivity contribution in [2.24, 2.45) is 0 Å². The van der Waals surface area contributed by atoms with Gasteiger partial charge in [-0.3, -0.25) is 0 Å². The van der Waals surface area contributed by atoms with Crippen LogP contribution in [-0.4, -0.2) is 15.5 Å². The maximum atomic E-state index is 12.6. The smallest absolute Gasteiger partial charge is 0.355 e. The lowest BCUT2D eigenvalue weighted by Gasteiger charge is -2.06. The minimum absolute atomic E-state index is 0.0311. The predicted octanol–water partition coefficient (Wildman–Crippen LogP) is 3.29. The number of hydrogen-bond acceptors (Lipinski definition) is 5. The van der Waals surface area contributed by atoms with Crippen molar-refractivity contribution in [2.45, 2.75) is 9.79 Å². The Hall–Kier alpha value is -2.31. The van der Waals surface area contributed by atoms with Crippen molar-refractivity contribution < 1.29 is 17.6 Å². The first-order valence-corrected chi connectivity index (χ1v) is 8.40. The van der Waals surface area contributed by atoms with Crippen molar-refractivity contribution in [1.29, 1.82) is 0 Å². The van der Waals surface area contributed by atoms with E-state index in [0.717, 1.165) is 0 Å². The third kappa shape index (κ3) is 2.83. The highest BCUT2D eigenvalue weighted by molar-refractivity contribution is 7.91. The molecule has 0 fully saturated rings. The van der Waals surface area contributed by atoms with Crippen LogP contribution in [0.3, 0.4) is 0 Å². The molecule has 0 aliphatic rings. The van der Waals surface area contributed by atoms with Crippen molar-refractivity contribution in [3.8, 4) is 5.75 Å². The number of benzene rings is 2. The van der Waals surface area contributed by atoms with Crippen LogP contribution in [0, 0.1) is 0 Å². The average Bonchev–Trinajstić information content (AvgIpc) is 2.54. The van der Waals surface area contributed by atoms with E-state index in [9.17, 15) is 13.2 Å². The molecule has 118 valence electrons. The number of fused-ring (bicyclic) bond motifs is 1. The Balaban J connectivity index is 2.23. The van der Waals surface area contributed by atoms with Gasteiger partial charge in [0.15, 0.2) is 4.90 Å². The minimum Gasteiger partial charge on any atom is -0.497 e. The van der Waals surface area contributed by atoms with E-state index >= 15 is 0 Å². The molecule has 3 aromatic rings. The standard InChI is InChI=1S/C16H11ClO5S/c1-21-12-4-7-14-10(8-12)9-15(16(18)22-14)23(19,20)13-5-2-11(17)3-6-13/h2-9H,1H3. The van der Waals surface area contributed by atoms with Crippen LogP contribution < -0.4 is 10.4 Å². The molecule has 0 bridgehead atoms. The van der Waals surface area contributed by atoms with E-state index < -0.39 is 20.4 Å².